The molecular formula is C11H16N2O3S. The first-order valence-corrected chi connectivity index (χ1v) is 6.56. The molecule has 0 heterocycles. The van der Waals surface area contributed by atoms with Gasteiger partial charge in [-0.3, -0.25) is 0 Å². The minimum atomic E-state index is -3.50. The molecule has 0 aliphatic carbocycles. The minimum absolute atomic E-state index is 0.228. The molecule has 1 atom stereocenters. The maximum Gasteiger partial charge on any atom is 0.241 e. The molecule has 1 aromatic carbocycles. The van der Waals surface area contributed by atoms with Crippen LogP contribution in [0.4, 0.5) is 0 Å². The molecule has 6 heteroatoms. The number of benzene rings is 1. The first-order chi connectivity index (χ1) is 7.95. The van der Waals surface area contributed by atoms with Crippen LogP contribution in [0, 0.1) is 0 Å². The molecule has 0 bridgehead atoms. The Balaban J connectivity index is 2.82. The lowest BCUT2D eigenvalue weighted by Gasteiger charge is -2.11. The van der Waals surface area contributed by atoms with Gasteiger partial charge in [-0.1, -0.05) is 18.2 Å². The molecule has 5 nitrogen and oxygen atoms in total. The van der Waals surface area contributed by atoms with Crippen molar-refractivity contribution in [2.75, 3.05) is 0 Å². The fourth-order valence-electron chi connectivity index (χ4n) is 1.34. The van der Waals surface area contributed by atoms with Crippen molar-refractivity contribution in [3.8, 4) is 0 Å². The number of nitrogens with one attached hydrogen (secondary N) is 1. The zero-order valence-corrected chi connectivity index (χ0v) is 10.6. The van der Waals surface area contributed by atoms with Gasteiger partial charge in [-0.2, -0.15) is 5.90 Å². The van der Waals surface area contributed by atoms with Gasteiger partial charge in [0.1, 0.15) is 5.76 Å². The molecule has 0 saturated heterocycles. The van der Waals surface area contributed by atoms with Gasteiger partial charge in [0.25, 0.3) is 0 Å². The van der Waals surface area contributed by atoms with Crippen LogP contribution in [0.5, 0.6) is 0 Å². The second-order valence-corrected chi connectivity index (χ2v) is 5.33. The minimum Gasteiger partial charge on any atom is -0.417 e. The van der Waals surface area contributed by atoms with Crippen molar-refractivity contribution in [1.82, 2.24) is 4.72 Å². The lowest BCUT2D eigenvalue weighted by Crippen LogP contribution is -2.31. The fourth-order valence-corrected chi connectivity index (χ4v) is 2.55. The third kappa shape index (κ3) is 4.18. The smallest absolute Gasteiger partial charge is 0.241 e. The lowest BCUT2D eigenvalue weighted by atomic mass is 10.3. The van der Waals surface area contributed by atoms with Gasteiger partial charge < -0.3 is 4.84 Å². The van der Waals surface area contributed by atoms with Crippen LogP contribution in [0.3, 0.4) is 0 Å². The number of hydrogen-bond acceptors (Lipinski definition) is 4. The van der Waals surface area contributed by atoms with Crippen LogP contribution >= 0.6 is 0 Å². The molecule has 1 aromatic rings. The first kappa shape index (κ1) is 13.7. The number of hydrogen-bond donors (Lipinski definition) is 2. The Morgan fingerprint density at radius 3 is 2.53 bits per heavy atom. The highest BCUT2D eigenvalue weighted by Gasteiger charge is 2.15. The Morgan fingerprint density at radius 1 is 1.41 bits per heavy atom. The average Bonchev–Trinajstić information content (AvgIpc) is 2.29. The average molecular weight is 256 g/mol. The van der Waals surface area contributed by atoms with Gasteiger partial charge in [-0.15, -0.1) is 0 Å². The monoisotopic (exact) mass is 256 g/mol. The Kier molecular flexibility index (Phi) is 4.68. The van der Waals surface area contributed by atoms with Crippen molar-refractivity contribution in [1.29, 1.82) is 0 Å². The summed E-state index contributed by atoms with van der Waals surface area (Å²) in [5, 5.41) is 0. The number of nitrogens with two attached hydrogens (primary N) is 1. The number of sulfonamides is 1. The van der Waals surface area contributed by atoms with Crippen molar-refractivity contribution >= 4 is 10.0 Å². The zero-order valence-electron chi connectivity index (χ0n) is 9.75. The number of allylic oxidation sites excluding steroid dienone is 1. The summed E-state index contributed by atoms with van der Waals surface area (Å²) in [6.45, 7) is 3.34. The maximum absolute atomic E-state index is 11.9. The largest absolute Gasteiger partial charge is 0.417 e. The summed E-state index contributed by atoms with van der Waals surface area (Å²) in [4.78, 5) is 4.70. The van der Waals surface area contributed by atoms with Gasteiger partial charge >= 0.3 is 0 Å². The van der Waals surface area contributed by atoms with E-state index in [0.717, 1.165) is 0 Å². The standard InChI is InChI=1S/C11H16N2O3S/c1-9(8-10(2)16-12)13-17(14,15)11-6-4-3-5-7-11/h3-9,13H,12H2,1-2H3/b10-8-. The van der Waals surface area contributed by atoms with Crippen molar-refractivity contribution in [3.05, 3.63) is 42.2 Å². The second kappa shape index (κ2) is 5.81. The van der Waals surface area contributed by atoms with E-state index in [1.54, 1.807) is 38.1 Å². The predicted molar refractivity (Wildman–Crippen MR) is 65.3 cm³/mol. The Hall–Kier alpha value is -1.37. The zero-order chi connectivity index (χ0) is 12.9. The SMILES string of the molecule is C/C(=C/C(C)NS(=O)(=O)c1ccccc1)ON. The van der Waals surface area contributed by atoms with Crippen molar-refractivity contribution in [2.45, 2.75) is 24.8 Å². The van der Waals surface area contributed by atoms with Crippen LogP contribution in [0.15, 0.2) is 47.1 Å². The van der Waals surface area contributed by atoms with Gasteiger partial charge in [0.2, 0.25) is 10.0 Å². The molecule has 17 heavy (non-hydrogen) atoms. The molecule has 0 spiro atoms. The molecule has 0 radical (unpaired) electrons. The topological polar surface area (TPSA) is 81.4 Å². The van der Waals surface area contributed by atoms with Gasteiger partial charge in [0.05, 0.1) is 4.90 Å². The van der Waals surface area contributed by atoms with E-state index in [0.29, 0.717) is 5.76 Å². The first-order valence-electron chi connectivity index (χ1n) is 5.08. The third-order valence-corrected chi connectivity index (χ3v) is 3.64. The molecular weight excluding hydrogens is 240 g/mol. The highest BCUT2D eigenvalue weighted by atomic mass is 32.2. The van der Waals surface area contributed by atoms with Crippen LogP contribution in [0.1, 0.15) is 13.8 Å². The van der Waals surface area contributed by atoms with E-state index in [1.165, 1.54) is 12.1 Å². The second-order valence-electron chi connectivity index (χ2n) is 3.62. The molecule has 0 aliphatic rings. The highest BCUT2D eigenvalue weighted by Crippen LogP contribution is 2.08. The van der Waals surface area contributed by atoms with Crippen LogP contribution in [0.2, 0.25) is 0 Å². The normalized spacial score (nSPS) is 14.4. The lowest BCUT2D eigenvalue weighted by molar-refractivity contribution is 0.220. The molecule has 1 unspecified atom stereocenters. The predicted octanol–water partition coefficient (Wildman–Crippen LogP) is 1.15. The van der Waals surface area contributed by atoms with E-state index in [1.807, 2.05) is 0 Å². The molecule has 0 saturated carbocycles. The molecule has 3 N–H and O–H groups in total. The van der Waals surface area contributed by atoms with Gasteiger partial charge in [-0.05, 0) is 32.1 Å². The summed E-state index contributed by atoms with van der Waals surface area (Å²) in [5.74, 6) is 5.40. The van der Waals surface area contributed by atoms with Gasteiger partial charge in [0.15, 0.2) is 0 Å². The summed E-state index contributed by atoms with van der Waals surface area (Å²) < 4.78 is 26.3. The molecule has 0 aromatic heterocycles. The Morgan fingerprint density at radius 2 is 2.00 bits per heavy atom. The van der Waals surface area contributed by atoms with Crippen LogP contribution in [-0.2, 0) is 14.9 Å². The Bertz CT molecular complexity index is 483. The van der Waals surface area contributed by atoms with E-state index in [4.69, 9.17) is 5.90 Å². The quantitative estimate of drug-likeness (QED) is 0.611. The van der Waals surface area contributed by atoms with Crippen LogP contribution in [-0.4, -0.2) is 14.5 Å². The van der Waals surface area contributed by atoms with Gasteiger partial charge in [0, 0.05) is 6.04 Å². The molecule has 1 rings (SSSR count). The van der Waals surface area contributed by atoms with E-state index in [-0.39, 0.29) is 4.90 Å². The van der Waals surface area contributed by atoms with E-state index >= 15 is 0 Å². The molecule has 0 amide bonds. The molecule has 0 aliphatic heterocycles. The number of rotatable bonds is 5. The summed E-state index contributed by atoms with van der Waals surface area (Å²) in [5.41, 5.74) is 0. The van der Waals surface area contributed by atoms with Crippen molar-refractivity contribution in [2.24, 2.45) is 5.90 Å². The third-order valence-electron chi connectivity index (χ3n) is 2.07. The maximum atomic E-state index is 11.9. The summed E-state index contributed by atoms with van der Waals surface area (Å²) >= 11 is 0. The van der Waals surface area contributed by atoms with Crippen molar-refractivity contribution in [3.63, 3.8) is 0 Å². The van der Waals surface area contributed by atoms with Crippen LogP contribution in [0.25, 0.3) is 0 Å². The van der Waals surface area contributed by atoms with Crippen LogP contribution < -0.4 is 10.6 Å². The molecule has 0 fully saturated rings. The van der Waals surface area contributed by atoms with E-state index in [2.05, 4.69) is 9.56 Å². The van der Waals surface area contributed by atoms with E-state index < -0.39 is 16.1 Å². The summed E-state index contributed by atoms with van der Waals surface area (Å²) in [6, 6.07) is 7.76. The van der Waals surface area contributed by atoms with Gasteiger partial charge in [-0.25, -0.2) is 13.1 Å². The highest BCUT2D eigenvalue weighted by molar-refractivity contribution is 7.89. The van der Waals surface area contributed by atoms with Crippen molar-refractivity contribution < 1.29 is 13.3 Å². The Labute approximate surface area is 101 Å². The fraction of sp³-hybridized carbons (Fsp3) is 0.273. The summed E-state index contributed by atoms with van der Waals surface area (Å²) in [7, 11) is -3.50. The van der Waals surface area contributed by atoms with E-state index in [9.17, 15) is 8.42 Å². The molecule has 94 valence electrons. The summed E-state index contributed by atoms with van der Waals surface area (Å²) in [6.07, 6.45) is 1.58.